The lowest BCUT2D eigenvalue weighted by atomic mass is 9.96. The van der Waals surface area contributed by atoms with Crippen LogP contribution in [0.25, 0.3) is 0 Å². The molecule has 82 valence electrons. The van der Waals surface area contributed by atoms with Gasteiger partial charge in [-0.3, -0.25) is 4.79 Å². The molecule has 1 aromatic rings. The highest BCUT2D eigenvalue weighted by molar-refractivity contribution is 9.10. The number of benzene rings is 1. The molecule has 4 heteroatoms. The number of hydrogen-bond acceptors (Lipinski definition) is 1. The third-order valence-corrected chi connectivity index (χ3v) is 5.17. The van der Waals surface area contributed by atoms with Gasteiger partial charge < -0.3 is 0 Å². The number of halogens is 3. The number of alkyl halides is 1. The van der Waals surface area contributed by atoms with Crippen LogP contribution < -0.4 is 0 Å². The van der Waals surface area contributed by atoms with E-state index in [4.69, 9.17) is 11.6 Å². The molecule has 2 unspecified atom stereocenters. The minimum absolute atomic E-state index is 0.0931. The molecule has 0 saturated carbocycles. The van der Waals surface area contributed by atoms with Gasteiger partial charge in [0.1, 0.15) is 5.78 Å². The van der Waals surface area contributed by atoms with Crippen LogP contribution in [0.5, 0.6) is 0 Å². The summed E-state index contributed by atoms with van der Waals surface area (Å²) in [7, 11) is 0. The summed E-state index contributed by atoms with van der Waals surface area (Å²) in [6, 6.07) is 5.68. The average Bonchev–Trinajstić information content (AvgIpc) is 2.20. The standard InChI is InChI=1S/C11H11Br2ClO/c1-6(10(12)7(2)15)8-4-3-5-9(14)11(8)13/h3-6,10H,1-2H3. The van der Waals surface area contributed by atoms with Crippen molar-refractivity contribution in [3.8, 4) is 0 Å². The summed E-state index contributed by atoms with van der Waals surface area (Å²) in [5.41, 5.74) is 1.04. The Morgan fingerprint density at radius 2 is 2.07 bits per heavy atom. The SMILES string of the molecule is CC(=O)C(Br)C(C)c1cccc(Cl)c1Br. The van der Waals surface area contributed by atoms with E-state index in [2.05, 4.69) is 31.9 Å². The van der Waals surface area contributed by atoms with E-state index in [9.17, 15) is 4.79 Å². The van der Waals surface area contributed by atoms with E-state index in [-0.39, 0.29) is 16.5 Å². The van der Waals surface area contributed by atoms with E-state index in [1.54, 1.807) is 6.92 Å². The number of Topliss-reactive ketones (excluding diaryl/α,β-unsaturated/α-hetero) is 1. The van der Waals surface area contributed by atoms with Crippen LogP contribution in [0.4, 0.5) is 0 Å². The van der Waals surface area contributed by atoms with Crippen LogP contribution >= 0.6 is 43.5 Å². The Bertz CT molecular complexity index is 379. The van der Waals surface area contributed by atoms with Crippen molar-refractivity contribution in [3.63, 3.8) is 0 Å². The topological polar surface area (TPSA) is 17.1 Å². The van der Waals surface area contributed by atoms with Gasteiger partial charge in [-0.1, -0.05) is 46.6 Å². The predicted octanol–water partition coefficient (Wildman–Crippen LogP) is 4.56. The third kappa shape index (κ3) is 3.05. The second-order valence-corrected chi connectivity index (χ2v) is 5.63. The van der Waals surface area contributed by atoms with Gasteiger partial charge in [0.05, 0.1) is 9.85 Å². The van der Waals surface area contributed by atoms with Crippen LogP contribution in [0.2, 0.25) is 5.02 Å². The first-order valence-electron chi connectivity index (χ1n) is 4.53. The van der Waals surface area contributed by atoms with Gasteiger partial charge in [-0.15, -0.1) is 0 Å². The van der Waals surface area contributed by atoms with Gasteiger partial charge in [-0.05, 0) is 34.5 Å². The zero-order valence-corrected chi connectivity index (χ0v) is 12.4. The largest absolute Gasteiger partial charge is 0.299 e. The smallest absolute Gasteiger partial charge is 0.144 e. The lowest BCUT2D eigenvalue weighted by molar-refractivity contribution is -0.116. The van der Waals surface area contributed by atoms with Gasteiger partial charge in [-0.2, -0.15) is 0 Å². The first-order valence-corrected chi connectivity index (χ1v) is 6.62. The van der Waals surface area contributed by atoms with Crippen LogP contribution in [0.15, 0.2) is 22.7 Å². The predicted molar refractivity (Wildman–Crippen MR) is 71.0 cm³/mol. The van der Waals surface area contributed by atoms with Gasteiger partial charge in [0.15, 0.2) is 0 Å². The molecule has 0 radical (unpaired) electrons. The molecule has 0 bridgehead atoms. The molecule has 0 aromatic heterocycles. The number of ketones is 1. The molecule has 0 spiro atoms. The summed E-state index contributed by atoms with van der Waals surface area (Å²) >= 11 is 12.8. The Kier molecular flexibility index (Phi) is 4.81. The van der Waals surface area contributed by atoms with E-state index >= 15 is 0 Å². The van der Waals surface area contributed by atoms with Gasteiger partial charge >= 0.3 is 0 Å². The molecule has 0 fully saturated rings. The van der Waals surface area contributed by atoms with E-state index in [0.717, 1.165) is 10.0 Å². The molecule has 0 aliphatic rings. The van der Waals surface area contributed by atoms with Crippen LogP contribution in [-0.2, 0) is 4.79 Å². The molecule has 1 aromatic carbocycles. The van der Waals surface area contributed by atoms with E-state index in [0.29, 0.717) is 5.02 Å². The summed E-state index contributed by atoms with van der Waals surface area (Å²) in [5.74, 6) is 0.213. The monoisotopic (exact) mass is 352 g/mol. The molecule has 15 heavy (non-hydrogen) atoms. The maximum absolute atomic E-state index is 11.3. The van der Waals surface area contributed by atoms with Crippen molar-refractivity contribution in [2.75, 3.05) is 0 Å². The Labute approximate surface area is 111 Å². The Morgan fingerprint density at radius 3 is 2.60 bits per heavy atom. The van der Waals surface area contributed by atoms with E-state index in [1.807, 2.05) is 25.1 Å². The molecule has 1 rings (SSSR count). The third-order valence-electron chi connectivity index (χ3n) is 2.30. The fourth-order valence-corrected chi connectivity index (χ4v) is 2.47. The molecule has 0 saturated heterocycles. The number of carbonyl (C=O) groups excluding carboxylic acids is 1. The fraction of sp³-hybridized carbons (Fsp3) is 0.364. The lowest BCUT2D eigenvalue weighted by Crippen LogP contribution is -2.17. The van der Waals surface area contributed by atoms with Crippen molar-refractivity contribution in [2.45, 2.75) is 24.6 Å². The highest BCUT2D eigenvalue weighted by Crippen LogP contribution is 2.34. The number of rotatable bonds is 3. The fourth-order valence-electron chi connectivity index (χ4n) is 1.38. The summed E-state index contributed by atoms with van der Waals surface area (Å²) in [6.45, 7) is 3.58. The van der Waals surface area contributed by atoms with Crippen molar-refractivity contribution in [2.24, 2.45) is 0 Å². The maximum Gasteiger partial charge on any atom is 0.144 e. The van der Waals surface area contributed by atoms with Crippen molar-refractivity contribution in [1.29, 1.82) is 0 Å². The highest BCUT2D eigenvalue weighted by Gasteiger charge is 2.22. The molecule has 0 aliphatic carbocycles. The maximum atomic E-state index is 11.3. The molecular formula is C11H11Br2ClO. The molecule has 0 amide bonds. The van der Waals surface area contributed by atoms with Crippen LogP contribution in [-0.4, -0.2) is 10.6 Å². The summed E-state index contributed by atoms with van der Waals surface area (Å²) in [5, 5.41) is 0.669. The van der Waals surface area contributed by atoms with Crippen LogP contribution in [0.3, 0.4) is 0 Å². The van der Waals surface area contributed by atoms with Gasteiger partial charge in [0.25, 0.3) is 0 Å². The second-order valence-electron chi connectivity index (χ2n) is 3.44. The number of hydrogen-bond donors (Lipinski definition) is 0. The van der Waals surface area contributed by atoms with Crippen molar-refractivity contribution in [3.05, 3.63) is 33.3 Å². The zero-order chi connectivity index (χ0) is 11.6. The first kappa shape index (κ1) is 13.2. The number of carbonyl (C=O) groups is 1. The summed E-state index contributed by atoms with van der Waals surface area (Å²) < 4.78 is 0.866. The van der Waals surface area contributed by atoms with Crippen LogP contribution in [0.1, 0.15) is 25.3 Å². The van der Waals surface area contributed by atoms with Gasteiger partial charge in [0.2, 0.25) is 0 Å². The molecule has 2 atom stereocenters. The quantitative estimate of drug-likeness (QED) is 0.728. The second kappa shape index (κ2) is 5.46. The molecule has 0 aliphatic heterocycles. The van der Waals surface area contributed by atoms with Crippen molar-refractivity contribution in [1.82, 2.24) is 0 Å². The zero-order valence-electron chi connectivity index (χ0n) is 8.43. The van der Waals surface area contributed by atoms with E-state index in [1.165, 1.54) is 0 Å². The van der Waals surface area contributed by atoms with Crippen LogP contribution in [0, 0.1) is 0 Å². The Hall–Kier alpha value is 0.140. The Morgan fingerprint density at radius 1 is 1.47 bits per heavy atom. The molecular weight excluding hydrogens is 343 g/mol. The Balaban J connectivity index is 3.06. The minimum atomic E-state index is -0.174. The summed E-state index contributed by atoms with van der Waals surface area (Å²) in [6.07, 6.45) is 0. The summed E-state index contributed by atoms with van der Waals surface area (Å²) in [4.78, 5) is 11.1. The molecule has 0 heterocycles. The minimum Gasteiger partial charge on any atom is -0.299 e. The van der Waals surface area contributed by atoms with Gasteiger partial charge in [0, 0.05) is 10.4 Å². The van der Waals surface area contributed by atoms with Crippen molar-refractivity contribution >= 4 is 49.2 Å². The molecule has 0 N–H and O–H groups in total. The van der Waals surface area contributed by atoms with E-state index < -0.39 is 0 Å². The normalized spacial score (nSPS) is 14.7. The molecule has 1 nitrogen and oxygen atoms in total. The average molecular weight is 354 g/mol. The highest BCUT2D eigenvalue weighted by atomic mass is 79.9. The first-order chi connectivity index (χ1) is 6.95. The van der Waals surface area contributed by atoms with Crippen molar-refractivity contribution < 1.29 is 4.79 Å². The lowest BCUT2D eigenvalue weighted by Gasteiger charge is -2.18. The van der Waals surface area contributed by atoms with Gasteiger partial charge in [-0.25, -0.2) is 0 Å².